The van der Waals surface area contributed by atoms with Crippen LogP contribution in [0, 0.1) is 0 Å². The number of pyridine rings is 1. The molecular formula is C25H31NO2P2. The lowest BCUT2D eigenvalue weighted by molar-refractivity contribution is 0.527. The maximum absolute atomic E-state index is 14.6. The number of hydrogen-bond acceptors (Lipinski definition) is 3. The second kappa shape index (κ2) is 7.95. The molecule has 0 N–H and O–H groups in total. The molecule has 0 unspecified atom stereocenters. The van der Waals surface area contributed by atoms with Crippen molar-refractivity contribution in [3.63, 3.8) is 0 Å². The third kappa shape index (κ3) is 3.75. The van der Waals surface area contributed by atoms with Gasteiger partial charge in [-0.3, -0.25) is 0 Å². The first-order chi connectivity index (χ1) is 13.9. The van der Waals surface area contributed by atoms with Crippen LogP contribution in [-0.2, 0) is 9.13 Å². The lowest BCUT2D eigenvalue weighted by Gasteiger charge is -2.40. The molecule has 1 heterocycles. The van der Waals surface area contributed by atoms with Crippen LogP contribution in [0.1, 0.15) is 41.5 Å². The van der Waals surface area contributed by atoms with Gasteiger partial charge in [-0.15, -0.1) is 0 Å². The minimum Gasteiger partial charge on any atom is -0.316 e. The standard InChI is InChI=1S/C25H31NO2P2/c1-24(2,3)30(28,25(4,5)6)23-19-13-18-22(26-23)29(27,20-14-9-7-10-15-20)21-16-11-8-12-17-21/h7-19H,1-6H3. The average molecular weight is 439 g/mol. The van der Waals surface area contributed by atoms with Crippen LogP contribution in [0.15, 0.2) is 78.9 Å². The van der Waals surface area contributed by atoms with Crippen molar-refractivity contribution >= 4 is 35.8 Å². The quantitative estimate of drug-likeness (QED) is 0.518. The SMILES string of the molecule is CC(C)(C)P(=O)(c1cccc(P(=O)(c2ccccc2)c2ccccc2)n1)C(C)(C)C. The summed E-state index contributed by atoms with van der Waals surface area (Å²) in [6.45, 7) is 12.0. The normalized spacial score (nSPS) is 13.3. The average Bonchev–Trinajstić information content (AvgIpc) is 2.72. The molecule has 3 rings (SSSR count). The van der Waals surface area contributed by atoms with Gasteiger partial charge >= 0.3 is 0 Å². The first kappa shape index (κ1) is 22.7. The van der Waals surface area contributed by atoms with Gasteiger partial charge in [-0.2, -0.15) is 0 Å². The zero-order valence-corrected chi connectivity index (χ0v) is 20.5. The van der Waals surface area contributed by atoms with Crippen molar-refractivity contribution in [1.29, 1.82) is 0 Å². The summed E-state index contributed by atoms with van der Waals surface area (Å²) >= 11 is 0. The summed E-state index contributed by atoms with van der Waals surface area (Å²) in [5, 5.41) is 0.505. The molecule has 0 aliphatic rings. The number of benzene rings is 2. The number of aromatic nitrogens is 1. The highest BCUT2D eigenvalue weighted by molar-refractivity contribution is 7.85. The van der Waals surface area contributed by atoms with E-state index in [2.05, 4.69) is 0 Å². The van der Waals surface area contributed by atoms with E-state index in [0.29, 0.717) is 10.9 Å². The van der Waals surface area contributed by atoms with Crippen molar-refractivity contribution in [3.05, 3.63) is 78.9 Å². The maximum Gasteiger partial charge on any atom is 0.188 e. The maximum atomic E-state index is 14.6. The first-order valence-corrected chi connectivity index (χ1v) is 13.6. The highest BCUT2D eigenvalue weighted by Crippen LogP contribution is 2.65. The van der Waals surface area contributed by atoms with Crippen molar-refractivity contribution in [2.45, 2.75) is 51.9 Å². The molecule has 0 atom stereocenters. The van der Waals surface area contributed by atoms with E-state index in [1.165, 1.54) is 0 Å². The summed E-state index contributed by atoms with van der Waals surface area (Å²) in [6, 6.07) is 24.4. The Balaban J connectivity index is 2.32. The molecule has 1 aromatic heterocycles. The van der Waals surface area contributed by atoms with E-state index in [9.17, 15) is 9.13 Å². The third-order valence-electron chi connectivity index (χ3n) is 5.49. The molecule has 5 heteroatoms. The summed E-state index contributed by atoms with van der Waals surface area (Å²) in [4.78, 5) is 4.88. The van der Waals surface area contributed by atoms with E-state index in [4.69, 9.17) is 4.98 Å². The Hall–Kier alpha value is -1.95. The third-order valence-corrected chi connectivity index (χ3v) is 13.1. The molecule has 0 spiro atoms. The first-order valence-electron chi connectivity index (χ1n) is 10.2. The van der Waals surface area contributed by atoms with Crippen molar-refractivity contribution in [1.82, 2.24) is 4.98 Å². The molecule has 0 fully saturated rings. The zero-order valence-electron chi connectivity index (χ0n) is 18.7. The molecule has 0 saturated heterocycles. The van der Waals surface area contributed by atoms with Crippen molar-refractivity contribution in [2.24, 2.45) is 0 Å². The minimum absolute atomic E-state index is 0.472. The van der Waals surface area contributed by atoms with Gasteiger partial charge in [-0.25, -0.2) is 4.98 Å². The Morgan fingerprint density at radius 3 is 1.37 bits per heavy atom. The van der Waals surface area contributed by atoms with Gasteiger partial charge in [0.25, 0.3) is 0 Å². The Morgan fingerprint density at radius 1 is 0.567 bits per heavy atom. The molecule has 0 aliphatic carbocycles. The van der Waals surface area contributed by atoms with Gasteiger partial charge in [-0.1, -0.05) is 108 Å². The van der Waals surface area contributed by atoms with E-state index in [1.54, 1.807) is 6.07 Å². The molecule has 0 radical (unpaired) electrons. The lowest BCUT2D eigenvalue weighted by atomic mass is 10.2. The summed E-state index contributed by atoms with van der Waals surface area (Å²) in [7, 11) is -6.16. The van der Waals surface area contributed by atoms with Gasteiger partial charge in [0, 0.05) is 20.9 Å². The van der Waals surface area contributed by atoms with E-state index < -0.39 is 24.6 Å². The highest BCUT2D eigenvalue weighted by Gasteiger charge is 2.49. The summed E-state index contributed by atoms with van der Waals surface area (Å²) < 4.78 is 29.1. The molecule has 2 aromatic carbocycles. The summed E-state index contributed by atoms with van der Waals surface area (Å²) in [6.07, 6.45) is 0. The molecule has 3 nitrogen and oxygen atoms in total. The van der Waals surface area contributed by atoms with Gasteiger partial charge in [0.05, 0.1) is 0 Å². The molecule has 0 aliphatic heterocycles. The van der Waals surface area contributed by atoms with Crippen molar-refractivity contribution < 1.29 is 9.13 Å². The van der Waals surface area contributed by atoms with E-state index >= 15 is 0 Å². The van der Waals surface area contributed by atoms with Crippen LogP contribution >= 0.6 is 14.3 Å². The number of hydrogen-bond donors (Lipinski definition) is 0. The van der Waals surface area contributed by atoms with Crippen molar-refractivity contribution in [3.8, 4) is 0 Å². The van der Waals surface area contributed by atoms with Gasteiger partial charge in [0.1, 0.15) is 18.0 Å². The van der Waals surface area contributed by atoms with Crippen LogP contribution in [0.25, 0.3) is 0 Å². The van der Waals surface area contributed by atoms with Crippen LogP contribution in [0.4, 0.5) is 0 Å². The fraction of sp³-hybridized carbons (Fsp3) is 0.320. The topological polar surface area (TPSA) is 47.0 Å². The summed E-state index contributed by atoms with van der Waals surface area (Å²) in [5.74, 6) is 0. The van der Waals surface area contributed by atoms with E-state index in [0.717, 1.165) is 10.6 Å². The Labute approximate surface area is 180 Å². The predicted octanol–water partition coefficient (Wildman–Crippen LogP) is 5.31. The van der Waals surface area contributed by atoms with Crippen LogP contribution in [0.2, 0.25) is 0 Å². The molecule has 0 saturated carbocycles. The molecule has 0 bridgehead atoms. The smallest absolute Gasteiger partial charge is 0.188 e. The fourth-order valence-electron chi connectivity index (χ4n) is 4.15. The number of nitrogens with zero attached hydrogens (tertiary/aromatic N) is 1. The lowest BCUT2D eigenvalue weighted by Crippen LogP contribution is -2.39. The Kier molecular flexibility index (Phi) is 6.02. The summed E-state index contributed by atoms with van der Waals surface area (Å²) in [5.41, 5.74) is 1.03. The zero-order chi connectivity index (χ0) is 22.2. The van der Waals surface area contributed by atoms with Crippen LogP contribution in [0.3, 0.4) is 0 Å². The van der Waals surface area contributed by atoms with E-state index in [1.807, 2.05) is 114 Å². The van der Waals surface area contributed by atoms with Crippen LogP contribution < -0.4 is 21.5 Å². The van der Waals surface area contributed by atoms with Crippen molar-refractivity contribution in [2.75, 3.05) is 0 Å². The number of rotatable bonds is 4. The highest BCUT2D eigenvalue weighted by atomic mass is 31.2. The van der Waals surface area contributed by atoms with Gasteiger partial charge in [0.15, 0.2) is 7.14 Å². The Bertz CT molecular complexity index is 1050. The molecule has 158 valence electrons. The molecular weight excluding hydrogens is 408 g/mol. The van der Waals surface area contributed by atoms with Crippen LogP contribution in [-0.4, -0.2) is 15.3 Å². The molecule has 0 amide bonds. The van der Waals surface area contributed by atoms with Gasteiger partial charge in [-0.05, 0) is 12.1 Å². The molecule has 3 aromatic rings. The van der Waals surface area contributed by atoms with Gasteiger partial charge < -0.3 is 9.13 Å². The monoisotopic (exact) mass is 439 g/mol. The fourth-order valence-corrected chi connectivity index (χ4v) is 10.7. The van der Waals surface area contributed by atoms with Gasteiger partial charge in [0.2, 0.25) is 0 Å². The molecule has 30 heavy (non-hydrogen) atoms. The second-order valence-corrected chi connectivity index (χ2v) is 16.7. The van der Waals surface area contributed by atoms with E-state index in [-0.39, 0.29) is 0 Å². The minimum atomic E-state index is -3.21. The Morgan fingerprint density at radius 2 is 0.967 bits per heavy atom. The predicted molar refractivity (Wildman–Crippen MR) is 130 cm³/mol. The second-order valence-electron chi connectivity index (χ2n) is 9.59. The van der Waals surface area contributed by atoms with Crippen LogP contribution in [0.5, 0.6) is 0 Å². The largest absolute Gasteiger partial charge is 0.316 e.